The first-order valence-corrected chi connectivity index (χ1v) is 15.9. The Labute approximate surface area is 266 Å². The average molecular weight is 585 g/mol. The normalized spacial score (nSPS) is 11.9. The Kier molecular flexibility index (Phi) is 5.31. The van der Waals surface area contributed by atoms with E-state index in [1.165, 1.54) is 82.0 Å². The Hall–Kier alpha value is -6.12. The van der Waals surface area contributed by atoms with Gasteiger partial charge < -0.3 is 9.13 Å². The van der Waals surface area contributed by atoms with Gasteiger partial charge in [-0.2, -0.15) is 0 Å². The van der Waals surface area contributed by atoms with Crippen molar-refractivity contribution in [1.29, 1.82) is 0 Å². The van der Waals surface area contributed by atoms with Crippen LogP contribution in [-0.4, -0.2) is 9.13 Å². The van der Waals surface area contributed by atoms with Crippen molar-refractivity contribution in [3.8, 4) is 22.5 Å². The second kappa shape index (κ2) is 9.69. The molecule has 0 unspecified atom stereocenters. The van der Waals surface area contributed by atoms with Crippen LogP contribution in [0.1, 0.15) is 0 Å². The molecular formula is C44H28N2. The fraction of sp³-hybridized carbons (Fsp3) is 0. The summed E-state index contributed by atoms with van der Waals surface area (Å²) in [6, 6.07) is 61.9. The Balaban J connectivity index is 1.36. The zero-order chi connectivity index (χ0) is 30.2. The number of aromatic nitrogens is 2. The van der Waals surface area contributed by atoms with E-state index in [4.69, 9.17) is 0 Å². The first kappa shape index (κ1) is 25.2. The summed E-state index contributed by atoms with van der Waals surface area (Å²) in [4.78, 5) is 0. The van der Waals surface area contributed by atoms with Crippen LogP contribution in [0, 0.1) is 0 Å². The third-order valence-electron chi connectivity index (χ3n) is 9.67. The number of para-hydroxylation sites is 2. The molecule has 0 saturated carbocycles. The highest BCUT2D eigenvalue weighted by Gasteiger charge is 2.22. The predicted octanol–water partition coefficient (Wildman–Crippen LogP) is 11.9. The summed E-state index contributed by atoms with van der Waals surface area (Å²) in [7, 11) is 0. The minimum atomic E-state index is 1.16. The molecule has 0 aliphatic carbocycles. The van der Waals surface area contributed by atoms with Gasteiger partial charge in [-0.25, -0.2) is 0 Å². The van der Waals surface area contributed by atoms with Crippen molar-refractivity contribution in [2.75, 3.05) is 0 Å². The third-order valence-corrected chi connectivity index (χ3v) is 9.67. The molecule has 46 heavy (non-hydrogen) atoms. The number of hydrogen-bond donors (Lipinski definition) is 0. The Morgan fingerprint density at radius 2 is 0.870 bits per heavy atom. The molecular weight excluding hydrogens is 556 g/mol. The highest BCUT2D eigenvalue weighted by atomic mass is 15.0. The molecule has 214 valence electrons. The molecule has 0 saturated heterocycles. The van der Waals surface area contributed by atoms with E-state index in [0.717, 1.165) is 5.69 Å². The van der Waals surface area contributed by atoms with Gasteiger partial charge in [0.15, 0.2) is 0 Å². The topological polar surface area (TPSA) is 9.86 Å². The smallest absolute Gasteiger partial charge is 0.0641 e. The molecule has 10 rings (SSSR count). The molecule has 2 nitrogen and oxygen atoms in total. The van der Waals surface area contributed by atoms with Crippen LogP contribution >= 0.6 is 0 Å². The molecule has 8 aromatic carbocycles. The summed E-state index contributed by atoms with van der Waals surface area (Å²) in [6.45, 7) is 0. The van der Waals surface area contributed by atoms with Crippen LogP contribution < -0.4 is 0 Å². The van der Waals surface area contributed by atoms with Crippen LogP contribution in [0.15, 0.2) is 170 Å². The maximum atomic E-state index is 2.51. The van der Waals surface area contributed by atoms with Gasteiger partial charge in [0.25, 0.3) is 0 Å². The van der Waals surface area contributed by atoms with Crippen molar-refractivity contribution in [3.05, 3.63) is 170 Å². The molecule has 0 spiro atoms. The number of hydrogen-bond acceptors (Lipinski definition) is 0. The van der Waals surface area contributed by atoms with Crippen LogP contribution in [0.25, 0.3) is 87.7 Å². The summed E-state index contributed by atoms with van der Waals surface area (Å²) >= 11 is 0. The van der Waals surface area contributed by atoms with Crippen LogP contribution in [0.2, 0.25) is 0 Å². The third kappa shape index (κ3) is 3.53. The van der Waals surface area contributed by atoms with Gasteiger partial charge in [0, 0.05) is 38.0 Å². The molecule has 0 fully saturated rings. The van der Waals surface area contributed by atoms with E-state index in [-0.39, 0.29) is 0 Å². The molecule has 0 N–H and O–H groups in total. The second-order valence-corrected chi connectivity index (χ2v) is 12.1. The van der Waals surface area contributed by atoms with Gasteiger partial charge in [-0.15, -0.1) is 0 Å². The van der Waals surface area contributed by atoms with E-state index in [1.807, 2.05) is 0 Å². The van der Waals surface area contributed by atoms with Crippen molar-refractivity contribution >= 4 is 65.2 Å². The van der Waals surface area contributed by atoms with E-state index in [1.54, 1.807) is 0 Å². The molecule has 0 bridgehead atoms. The van der Waals surface area contributed by atoms with Gasteiger partial charge in [0.2, 0.25) is 0 Å². The lowest BCUT2D eigenvalue weighted by Gasteiger charge is -2.15. The summed E-state index contributed by atoms with van der Waals surface area (Å²) in [5, 5.41) is 10.0. The monoisotopic (exact) mass is 584 g/mol. The predicted molar refractivity (Wildman–Crippen MR) is 196 cm³/mol. The van der Waals surface area contributed by atoms with E-state index < -0.39 is 0 Å². The first-order chi connectivity index (χ1) is 22.8. The van der Waals surface area contributed by atoms with Crippen molar-refractivity contribution in [1.82, 2.24) is 9.13 Å². The standard InChI is InChI=1S/C44H28N2/c1-2-12-29(13-3-1)30-22-24-33(25-23-30)45-39-20-10-8-18-36(39)37-26-27-41-42(44(37)45)38-19-9-11-21-40(38)46(41)43-34-16-6-4-14-31(34)28-32-15-5-7-17-35(32)43/h1-28H. The van der Waals surface area contributed by atoms with Gasteiger partial charge in [-0.3, -0.25) is 0 Å². The highest BCUT2D eigenvalue weighted by molar-refractivity contribution is 6.27. The van der Waals surface area contributed by atoms with Gasteiger partial charge in [0.05, 0.1) is 27.8 Å². The lowest BCUT2D eigenvalue weighted by Crippen LogP contribution is -1.98. The molecule has 10 aromatic rings. The lowest BCUT2D eigenvalue weighted by molar-refractivity contribution is 1.18. The van der Waals surface area contributed by atoms with Crippen molar-refractivity contribution in [3.63, 3.8) is 0 Å². The Bertz CT molecular complexity index is 2730. The molecule has 2 heteroatoms. The second-order valence-electron chi connectivity index (χ2n) is 12.1. The van der Waals surface area contributed by atoms with Crippen LogP contribution in [0.4, 0.5) is 0 Å². The van der Waals surface area contributed by atoms with E-state index >= 15 is 0 Å². The first-order valence-electron chi connectivity index (χ1n) is 15.9. The van der Waals surface area contributed by atoms with Crippen LogP contribution in [0.3, 0.4) is 0 Å². The summed E-state index contributed by atoms with van der Waals surface area (Å²) in [5.74, 6) is 0. The average Bonchev–Trinajstić information content (AvgIpc) is 3.64. The zero-order valence-corrected chi connectivity index (χ0v) is 25.1. The fourth-order valence-corrected chi connectivity index (χ4v) is 7.68. The maximum absolute atomic E-state index is 2.51. The maximum Gasteiger partial charge on any atom is 0.0641 e. The van der Waals surface area contributed by atoms with Crippen molar-refractivity contribution < 1.29 is 0 Å². The minimum absolute atomic E-state index is 1.16. The minimum Gasteiger partial charge on any atom is -0.309 e. The molecule has 0 aliphatic heterocycles. The fourth-order valence-electron chi connectivity index (χ4n) is 7.68. The summed E-state index contributed by atoms with van der Waals surface area (Å²) in [6.07, 6.45) is 0. The van der Waals surface area contributed by atoms with E-state index in [9.17, 15) is 0 Å². The van der Waals surface area contributed by atoms with Crippen LogP contribution in [0.5, 0.6) is 0 Å². The lowest BCUT2D eigenvalue weighted by atomic mass is 10.0. The zero-order valence-electron chi connectivity index (χ0n) is 25.1. The van der Waals surface area contributed by atoms with Gasteiger partial charge in [0.1, 0.15) is 0 Å². The molecule has 0 radical (unpaired) electrons. The number of fused-ring (bicyclic) bond motifs is 9. The van der Waals surface area contributed by atoms with Crippen molar-refractivity contribution in [2.24, 2.45) is 0 Å². The summed E-state index contributed by atoms with van der Waals surface area (Å²) < 4.78 is 4.98. The Morgan fingerprint density at radius 1 is 0.326 bits per heavy atom. The largest absolute Gasteiger partial charge is 0.309 e. The number of benzene rings is 8. The Morgan fingerprint density at radius 3 is 1.57 bits per heavy atom. The van der Waals surface area contributed by atoms with E-state index in [0.29, 0.717) is 0 Å². The molecule has 2 aromatic heterocycles. The van der Waals surface area contributed by atoms with Gasteiger partial charge in [-0.05, 0) is 58.3 Å². The quantitative estimate of drug-likeness (QED) is 0.183. The SMILES string of the molecule is c1ccc(-c2ccc(-n3c4ccccc4c4ccc5c(c6ccccc6n5-c5c6ccccc6cc6ccccc56)c43)cc2)cc1. The van der Waals surface area contributed by atoms with Gasteiger partial charge >= 0.3 is 0 Å². The highest BCUT2D eigenvalue weighted by Crippen LogP contribution is 2.44. The number of rotatable bonds is 3. The number of nitrogens with zero attached hydrogens (tertiary/aromatic N) is 2. The van der Waals surface area contributed by atoms with Crippen LogP contribution in [-0.2, 0) is 0 Å². The van der Waals surface area contributed by atoms with E-state index in [2.05, 4.69) is 179 Å². The molecule has 0 amide bonds. The molecule has 0 aliphatic rings. The van der Waals surface area contributed by atoms with Crippen molar-refractivity contribution in [2.45, 2.75) is 0 Å². The molecule has 0 atom stereocenters. The molecule has 2 heterocycles. The van der Waals surface area contributed by atoms with Gasteiger partial charge in [-0.1, -0.05) is 133 Å². The summed E-state index contributed by atoms with van der Waals surface area (Å²) in [5.41, 5.74) is 9.71.